The molecule has 4 rings (SSSR count). The van der Waals surface area contributed by atoms with Crippen LogP contribution < -0.4 is 14.4 Å². The van der Waals surface area contributed by atoms with Gasteiger partial charge in [-0.05, 0) is 48.4 Å². The number of ether oxygens (including phenoxy) is 2. The predicted molar refractivity (Wildman–Crippen MR) is 152 cm³/mol. The van der Waals surface area contributed by atoms with Crippen LogP contribution in [0.1, 0.15) is 18.1 Å². The first-order valence-electron chi connectivity index (χ1n) is 12.4. The van der Waals surface area contributed by atoms with Crippen molar-refractivity contribution in [3.8, 4) is 17.6 Å². The monoisotopic (exact) mass is 590 g/mol. The number of rotatable bonds is 9. The molecule has 1 aliphatic heterocycles. The van der Waals surface area contributed by atoms with Crippen LogP contribution in [-0.4, -0.2) is 48.5 Å². The summed E-state index contributed by atoms with van der Waals surface area (Å²) in [5.74, 6) is 0.536. The Labute approximate surface area is 235 Å². The molecule has 1 heterocycles. The first-order chi connectivity index (χ1) is 18.9. The van der Waals surface area contributed by atoms with Crippen LogP contribution in [0.4, 0.5) is 11.4 Å². The lowest BCUT2D eigenvalue weighted by atomic mass is 10.1. The molecule has 1 fully saturated rings. The average Bonchev–Trinajstić information content (AvgIpc) is 2.97. The molecule has 0 atom stereocenters. The zero-order chi connectivity index (χ0) is 27.8. The van der Waals surface area contributed by atoms with Crippen LogP contribution in [0.2, 0.25) is 0 Å². The van der Waals surface area contributed by atoms with E-state index >= 15 is 0 Å². The molecular formula is C29H27BrN4O5. The van der Waals surface area contributed by atoms with Gasteiger partial charge in [0, 0.05) is 48.5 Å². The number of carbonyl (C=O) groups is 1. The standard InChI is InChI=1S/C29H27BrN4O5/c1-2-38-27-17-22(26(30)18-28(27)39-20-21-7-6-10-25(15-21)34(36)37)16-23(19-31)29(35)33-13-11-32(12-14-33)24-8-4-3-5-9-24/h3-10,15-18H,2,11-14,20H2,1H3/b23-16-. The fourth-order valence-corrected chi connectivity index (χ4v) is 4.67. The zero-order valence-electron chi connectivity index (χ0n) is 21.4. The minimum absolute atomic E-state index is 0.0158. The number of benzene rings is 3. The van der Waals surface area contributed by atoms with Gasteiger partial charge < -0.3 is 19.3 Å². The van der Waals surface area contributed by atoms with Crippen molar-refractivity contribution in [1.82, 2.24) is 4.90 Å². The molecule has 1 amide bonds. The van der Waals surface area contributed by atoms with E-state index in [1.54, 1.807) is 35.2 Å². The van der Waals surface area contributed by atoms with Crippen LogP contribution in [0.25, 0.3) is 6.08 Å². The fourth-order valence-electron chi connectivity index (χ4n) is 4.24. The molecule has 3 aromatic rings. The lowest BCUT2D eigenvalue weighted by molar-refractivity contribution is -0.384. The topological polar surface area (TPSA) is 109 Å². The molecule has 0 unspecified atom stereocenters. The summed E-state index contributed by atoms with van der Waals surface area (Å²) in [4.78, 5) is 27.7. The van der Waals surface area contributed by atoms with Gasteiger partial charge in [-0.2, -0.15) is 5.26 Å². The zero-order valence-corrected chi connectivity index (χ0v) is 23.0. The van der Waals surface area contributed by atoms with Crippen LogP contribution in [-0.2, 0) is 11.4 Å². The number of para-hydroxylation sites is 1. The van der Waals surface area contributed by atoms with Gasteiger partial charge in [0.05, 0.1) is 11.5 Å². The number of hydrogen-bond acceptors (Lipinski definition) is 7. The van der Waals surface area contributed by atoms with Gasteiger partial charge in [-0.1, -0.05) is 46.3 Å². The molecule has 0 spiro atoms. The number of hydrogen-bond donors (Lipinski definition) is 0. The predicted octanol–water partition coefficient (Wildman–Crippen LogP) is 5.59. The van der Waals surface area contributed by atoms with Gasteiger partial charge in [0.15, 0.2) is 11.5 Å². The number of nitriles is 1. The highest BCUT2D eigenvalue weighted by Crippen LogP contribution is 2.36. The number of nitrogens with zero attached hydrogens (tertiary/aromatic N) is 4. The molecule has 0 saturated carbocycles. The lowest BCUT2D eigenvalue weighted by Gasteiger charge is -2.36. The number of nitro groups is 1. The van der Waals surface area contributed by atoms with Gasteiger partial charge >= 0.3 is 0 Å². The van der Waals surface area contributed by atoms with E-state index in [0.717, 1.165) is 5.69 Å². The normalized spacial score (nSPS) is 13.5. The Kier molecular flexibility index (Phi) is 9.18. The van der Waals surface area contributed by atoms with Gasteiger partial charge in [0.1, 0.15) is 18.2 Å². The summed E-state index contributed by atoms with van der Waals surface area (Å²) in [7, 11) is 0. The number of carbonyl (C=O) groups excluding carboxylic acids is 1. The quantitative estimate of drug-likeness (QED) is 0.138. The third kappa shape index (κ3) is 6.94. The molecule has 9 nitrogen and oxygen atoms in total. The molecule has 0 radical (unpaired) electrons. The minimum Gasteiger partial charge on any atom is -0.490 e. The summed E-state index contributed by atoms with van der Waals surface area (Å²) >= 11 is 3.52. The van der Waals surface area contributed by atoms with Gasteiger partial charge in [0.25, 0.3) is 11.6 Å². The first kappa shape index (κ1) is 27.7. The third-order valence-electron chi connectivity index (χ3n) is 6.22. The Hall–Kier alpha value is -4.36. The fraction of sp³-hybridized carbons (Fsp3) is 0.241. The second-order valence-corrected chi connectivity index (χ2v) is 9.61. The van der Waals surface area contributed by atoms with Crippen molar-refractivity contribution in [3.63, 3.8) is 0 Å². The highest BCUT2D eigenvalue weighted by Gasteiger charge is 2.24. The second kappa shape index (κ2) is 12.9. The minimum atomic E-state index is -0.454. The van der Waals surface area contributed by atoms with E-state index in [4.69, 9.17) is 9.47 Å². The molecule has 1 saturated heterocycles. The van der Waals surface area contributed by atoms with Gasteiger partial charge in [-0.15, -0.1) is 0 Å². The number of nitro benzene ring substituents is 1. The lowest BCUT2D eigenvalue weighted by Crippen LogP contribution is -2.49. The number of piperazine rings is 1. The van der Waals surface area contributed by atoms with Gasteiger partial charge in [-0.25, -0.2) is 0 Å². The van der Waals surface area contributed by atoms with Gasteiger partial charge in [-0.3, -0.25) is 14.9 Å². The molecule has 3 aromatic carbocycles. The van der Waals surface area contributed by atoms with Crippen molar-refractivity contribution in [3.05, 3.63) is 98.0 Å². The second-order valence-electron chi connectivity index (χ2n) is 8.75. The molecule has 10 heteroatoms. The van der Waals surface area contributed by atoms with E-state index in [9.17, 15) is 20.2 Å². The molecule has 1 aliphatic rings. The highest BCUT2D eigenvalue weighted by molar-refractivity contribution is 9.10. The summed E-state index contributed by atoms with van der Waals surface area (Å²) in [5.41, 5.74) is 2.35. The maximum absolute atomic E-state index is 13.2. The van der Waals surface area contributed by atoms with E-state index in [1.807, 2.05) is 37.3 Å². The van der Waals surface area contributed by atoms with Crippen LogP contribution in [0.5, 0.6) is 11.5 Å². The summed E-state index contributed by atoms with van der Waals surface area (Å²) < 4.78 is 12.3. The molecule has 200 valence electrons. The highest BCUT2D eigenvalue weighted by atomic mass is 79.9. The Morgan fingerprint density at radius 1 is 1.05 bits per heavy atom. The SMILES string of the molecule is CCOc1cc(/C=C(/C#N)C(=O)N2CCN(c3ccccc3)CC2)c(Br)cc1OCc1cccc([N+](=O)[O-])c1. The molecule has 0 aliphatic carbocycles. The Bertz CT molecular complexity index is 1410. The van der Waals surface area contributed by atoms with Crippen LogP contribution in [0, 0.1) is 21.4 Å². The van der Waals surface area contributed by atoms with E-state index in [1.165, 1.54) is 12.1 Å². The van der Waals surface area contributed by atoms with Crippen LogP contribution in [0.15, 0.2) is 76.8 Å². The Morgan fingerprint density at radius 3 is 2.44 bits per heavy atom. The average molecular weight is 591 g/mol. The summed E-state index contributed by atoms with van der Waals surface area (Å²) in [6, 6.07) is 21.7. The maximum atomic E-state index is 13.2. The van der Waals surface area contributed by atoms with Crippen molar-refractivity contribution in [2.45, 2.75) is 13.5 Å². The molecule has 0 bridgehead atoms. The summed E-state index contributed by atoms with van der Waals surface area (Å²) in [6.07, 6.45) is 1.54. The number of amides is 1. The van der Waals surface area contributed by atoms with E-state index in [-0.39, 0.29) is 23.8 Å². The summed E-state index contributed by atoms with van der Waals surface area (Å²) in [5, 5.41) is 20.9. The van der Waals surface area contributed by atoms with Crippen LogP contribution in [0.3, 0.4) is 0 Å². The molecule has 0 N–H and O–H groups in total. The third-order valence-corrected chi connectivity index (χ3v) is 6.90. The van der Waals surface area contributed by atoms with Crippen molar-refractivity contribution in [2.24, 2.45) is 0 Å². The van der Waals surface area contributed by atoms with Gasteiger partial charge in [0.2, 0.25) is 0 Å². The number of anilines is 1. The number of non-ortho nitro benzene ring substituents is 1. The molecular weight excluding hydrogens is 564 g/mol. The first-order valence-corrected chi connectivity index (χ1v) is 13.2. The van der Waals surface area contributed by atoms with E-state index in [2.05, 4.69) is 26.9 Å². The van der Waals surface area contributed by atoms with E-state index in [0.29, 0.717) is 59.9 Å². The Morgan fingerprint density at radius 2 is 1.77 bits per heavy atom. The van der Waals surface area contributed by atoms with Crippen molar-refractivity contribution in [1.29, 1.82) is 5.26 Å². The summed E-state index contributed by atoms with van der Waals surface area (Å²) in [6.45, 7) is 4.70. The van der Waals surface area contributed by atoms with Crippen molar-refractivity contribution < 1.29 is 19.2 Å². The smallest absolute Gasteiger partial charge is 0.269 e. The molecule has 0 aromatic heterocycles. The van der Waals surface area contributed by atoms with Crippen LogP contribution >= 0.6 is 15.9 Å². The van der Waals surface area contributed by atoms with E-state index < -0.39 is 4.92 Å². The largest absolute Gasteiger partial charge is 0.490 e. The van der Waals surface area contributed by atoms with Crippen molar-refractivity contribution >= 4 is 39.3 Å². The van der Waals surface area contributed by atoms with Crippen molar-refractivity contribution in [2.75, 3.05) is 37.7 Å². The Balaban J connectivity index is 1.49. The maximum Gasteiger partial charge on any atom is 0.269 e. The number of halogens is 1. The molecule has 39 heavy (non-hydrogen) atoms.